The van der Waals surface area contributed by atoms with Crippen LogP contribution in [0.1, 0.15) is 44.9 Å². The maximum absolute atomic E-state index is 15.0. The number of rotatable bonds is 9. The number of carbonyl (C=O) groups excluding carboxylic acids is 2. The standard InChI is InChI=1S/C33H29BrClFN4O6/c34-26-10-2-19(13-27(26)35)32(42)38-11-12-39-29(16-38)30(40(33(39)43)21-3-6-22(7-4-21)45-23-8-9-23)31(41)37-15-20-1-5-24(14-28(20)36)46-25-17-44-18-25/h1-7,10,13-14,23,25H,8-9,11-12,15-18H2,(H,37,41). The van der Waals surface area contributed by atoms with Crippen molar-refractivity contribution >= 4 is 39.3 Å². The van der Waals surface area contributed by atoms with Gasteiger partial charge in [-0.15, -0.1) is 0 Å². The highest BCUT2D eigenvalue weighted by Gasteiger charge is 2.32. The maximum Gasteiger partial charge on any atom is 0.333 e. The lowest BCUT2D eigenvalue weighted by Crippen LogP contribution is -2.41. The molecule has 1 N–H and O–H groups in total. The number of imidazole rings is 1. The molecule has 1 aromatic heterocycles. The number of ether oxygens (including phenoxy) is 3. The number of aromatic nitrogens is 2. The van der Waals surface area contributed by atoms with Crippen molar-refractivity contribution < 1.29 is 28.2 Å². The predicted octanol–water partition coefficient (Wildman–Crippen LogP) is 5.10. The normalized spacial score (nSPS) is 16.0. The molecule has 0 spiro atoms. The fourth-order valence-corrected chi connectivity index (χ4v) is 5.88. The first-order chi connectivity index (χ1) is 22.2. The smallest absolute Gasteiger partial charge is 0.333 e. The van der Waals surface area contributed by atoms with Gasteiger partial charge < -0.3 is 24.4 Å². The third kappa shape index (κ3) is 6.16. The molecule has 46 heavy (non-hydrogen) atoms. The first-order valence-corrected chi connectivity index (χ1v) is 16.1. The van der Waals surface area contributed by atoms with Gasteiger partial charge in [0, 0.05) is 41.3 Å². The summed E-state index contributed by atoms with van der Waals surface area (Å²) in [6, 6.07) is 16.4. The molecule has 7 rings (SSSR count). The quantitative estimate of drug-likeness (QED) is 0.259. The molecule has 0 bridgehead atoms. The Kier molecular flexibility index (Phi) is 8.35. The topological polar surface area (TPSA) is 104 Å². The summed E-state index contributed by atoms with van der Waals surface area (Å²) in [7, 11) is 0. The highest BCUT2D eigenvalue weighted by molar-refractivity contribution is 9.10. The Morgan fingerprint density at radius 2 is 1.72 bits per heavy atom. The third-order valence-electron chi connectivity index (χ3n) is 8.14. The summed E-state index contributed by atoms with van der Waals surface area (Å²) in [5, 5.41) is 3.18. The molecule has 1 aliphatic carbocycles. The van der Waals surface area contributed by atoms with Gasteiger partial charge in [0.1, 0.15) is 29.1 Å². The molecule has 2 amide bonds. The molecule has 238 valence electrons. The van der Waals surface area contributed by atoms with E-state index in [0.29, 0.717) is 51.2 Å². The summed E-state index contributed by atoms with van der Waals surface area (Å²) < 4.78 is 35.1. The van der Waals surface area contributed by atoms with Gasteiger partial charge in [0.2, 0.25) is 0 Å². The molecular weight excluding hydrogens is 683 g/mol. The van der Waals surface area contributed by atoms with Crippen LogP contribution in [0.4, 0.5) is 4.39 Å². The number of hydrogen-bond acceptors (Lipinski definition) is 6. The summed E-state index contributed by atoms with van der Waals surface area (Å²) in [6.07, 6.45) is 2.11. The summed E-state index contributed by atoms with van der Waals surface area (Å²) in [5.41, 5.74) is 1.12. The Morgan fingerprint density at radius 1 is 0.978 bits per heavy atom. The van der Waals surface area contributed by atoms with Crippen molar-refractivity contribution in [2.24, 2.45) is 0 Å². The molecule has 0 atom stereocenters. The number of halogens is 3. The van der Waals surface area contributed by atoms with E-state index in [1.807, 2.05) is 0 Å². The van der Waals surface area contributed by atoms with Gasteiger partial charge in [0.15, 0.2) is 0 Å². The zero-order chi connectivity index (χ0) is 31.9. The number of nitrogens with one attached hydrogen (secondary N) is 1. The molecule has 3 aromatic carbocycles. The largest absolute Gasteiger partial charge is 0.490 e. The molecule has 3 heterocycles. The molecule has 1 saturated carbocycles. The second-order valence-corrected chi connectivity index (χ2v) is 12.7. The lowest BCUT2D eigenvalue weighted by molar-refractivity contribution is -0.0797. The number of benzene rings is 3. The monoisotopic (exact) mass is 710 g/mol. The Morgan fingerprint density at radius 3 is 2.39 bits per heavy atom. The van der Waals surface area contributed by atoms with Gasteiger partial charge in [-0.3, -0.25) is 18.7 Å². The summed E-state index contributed by atoms with van der Waals surface area (Å²) in [5.74, 6) is -0.359. The number of carbonyl (C=O) groups is 2. The van der Waals surface area contributed by atoms with E-state index in [1.54, 1.807) is 59.5 Å². The van der Waals surface area contributed by atoms with Crippen molar-refractivity contribution in [1.29, 1.82) is 0 Å². The molecule has 1 saturated heterocycles. The van der Waals surface area contributed by atoms with Crippen LogP contribution in [0.5, 0.6) is 11.5 Å². The van der Waals surface area contributed by atoms with Crippen LogP contribution in [0.3, 0.4) is 0 Å². The Balaban J connectivity index is 1.19. The van der Waals surface area contributed by atoms with Gasteiger partial charge >= 0.3 is 5.69 Å². The lowest BCUT2D eigenvalue weighted by atomic mass is 10.1. The molecule has 2 aliphatic heterocycles. The molecule has 0 radical (unpaired) electrons. The molecular formula is C33H29BrClFN4O6. The van der Waals surface area contributed by atoms with E-state index in [9.17, 15) is 18.8 Å². The van der Waals surface area contributed by atoms with Crippen LogP contribution >= 0.6 is 27.5 Å². The minimum Gasteiger partial charge on any atom is -0.490 e. The number of fused-ring (bicyclic) bond motifs is 1. The average Bonchev–Trinajstić information content (AvgIpc) is 3.81. The van der Waals surface area contributed by atoms with Gasteiger partial charge in [-0.05, 0) is 77.3 Å². The van der Waals surface area contributed by atoms with E-state index in [-0.39, 0.29) is 55.6 Å². The van der Waals surface area contributed by atoms with Gasteiger partial charge in [-0.2, -0.15) is 0 Å². The van der Waals surface area contributed by atoms with E-state index in [4.69, 9.17) is 25.8 Å². The van der Waals surface area contributed by atoms with E-state index < -0.39 is 17.4 Å². The SMILES string of the molecule is O=C(NCc1ccc(OC2COC2)cc1F)c1c2n(c(=O)n1-c1ccc(OC3CC3)cc1)CCN(C(=O)c1ccc(Br)c(Cl)c1)C2. The van der Waals surface area contributed by atoms with Gasteiger partial charge in [0.25, 0.3) is 11.8 Å². The molecule has 13 heteroatoms. The fraction of sp³-hybridized carbons (Fsp3) is 0.303. The van der Waals surface area contributed by atoms with Crippen LogP contribution in [0.25, 0.3) is 5.69 Å². The van der Waals surface area contributed by atoms with Crippen molar-refractivity contribution in [3.63, 3.8) is 0 Å². The first kappa shape index (κ1) is 30.5. The zero-order valence-corrected chi connectivity index (χ0v) is 26.9. The summed E-state index contributed by atoms with van der Waals surface area (Å²) >= 11 is 9.59. The molecule has 0 unspecified atom stereocenters. The zero-order valence-electron chi connectivity index (χ0n) is 24.5. The van der Waals surface area contributed by atoms with Gasteiger partial charge in [-0.1, -0.05) is 17.7 Å². The van der Waals surface area contributed by atoms with Crippen LogP contribution in [0, 0.1) is 5.82 Å². The highest BCUT2D eigenvalue weighted by Crippen LogP contribution is 2.29. The highest BCUT2D eigenvalue weighted by atomic mass is 79.9. The van der Waals surface area contributed by atoms with Crippen molar-refractivity contribution in [2.75, 3.05) is 19.8 Å². The minimum absolute atomic E-state index is 0.00562. The summed E-state index contributed by atoms with van der Waals surface area (Å²) in [6.45, 7) is 1.22. The fourth-order valence-electron chi connectivity index (χ4n) is 5.45. The number of hydrogen-bond donors (Lipinski definition) is 1. The van der Waals surface area contributed by atoms with Crippen LogP contribution in [-0.2, 0) is 24.4 Å². The second kappa shape index (κ2) is 12.6. The number of nitrogens with zero attached hydrogens (tertiary/aromatic N) is 3. The van der Waals surface area contributed by atoms with E-state index in [0.717, 1.165) is 12.8 Å². The van der Waals surface area contributed by atoms with Crippen molar-refractivity contribution in [1.82, 2.24) is 19.4 Å². The van der Waals surface area contributed by atoms with Crippen LogP contribution < -0.4 is 20.5 Å². The Bertz CT molecular complexity index is 1890. The maximum atomic E-state index is 15.0. The molecule has 2 fully saturated rings. The van der Waals surface area contributed by atoms with E-state index in [2.05, 4.69) is 21.2 Å². The van der Waals surface area contributed by atoms with Crippen molar-refractivity contribution in [2.45, 2.75) is 44.7 Å². The lowest BCUT2D eigenvalue weighted by Gasteiger charge is -2.28. The van der Waals surface area contributed by atoms with E-state index >= 15 is 0 Å². The van der Waals surface area contributed by atoms with Gasteiger partial charge in [-0.25, -0.2) is 9.18 Å². The first-order valence-electron chi connectivity index (χ1n) is 14.9. The second-order valence-electron chi connectivity index (χ2n) is 11.4. The molecule has 3 aliphatic rings. The molecule has 10 nitrogen and oxygen atoms in total. The van der Waals surface area contributed by atoms with Crippen LogP contribution in [0.15, 0.2) is 69.9 Å². The van der Waals surface area contributed by atoms with Crippen molar-refractivity contribution in [3.8, 4) is 17.2 Å². The number of amides is 2. The van der Waals surface area contributed by atoms with Crippen LogP contribution in [0.2, 0.25) is 5.02 Å². The van der Waals surface area contributed by atoms with E-state index in [1.165, 1.54) is 15.2 Å². The average molecular weight is 712 g/mol. The minimum atomic E-state index is -0.587. The summed E-state index contributed by atoms with van der Waals surface area (Å²) in [4.78, 5) is 42.8. The van der Waals surface area contributed by atoms with Crippen LogP contribution in [-0.4, -0.2) is 57.8 Å². The van der Waals surface area contributed by atoms with Crippen molar-refractivity contribution in [3.05, 3.63) is 109 Å². The Hall–Kier alpha value is -4.13. The Labute approximate surface area is 276 Å². The van der Waals surface area contributed by atoms with Gasteiger partial charge in [0.05, 0.1) is 42.3 Å². The molecule has 4 aromatic rings. The predicted molar refractivity (Wildman–Crippen MR) is 170 cm³/mol. The third-order valence-corrected chi connectivity index (χ3v) is 9.38.